The Kier molecular flexibility index (Phi) is 4.99. The Balaban J connectivity index is 1.68. The predicted molar refractivity (Wildman–Crippen MR) is 107 cm³/mol. The van der Waals surface area contributed by atoms with Gasteiger partial charge in [-0.2, -0.15) is 0 Å². The molecule has 2 aromatic carbocycles. The molecule has 27 heavy (non-hydrogen) atoms. The van der Waals surface area contributed by atoms with Crippen LogP contribution in [-0.4, -0.2) is 36.6 Å². The summed E-state index contributed by atoms with van der Waals surface area (Å²) in [6.45, 7) is 0.735. The van der Waals surface area contributed by atoms with Gasteiger partial charge in [0.25, 0.3) is 5.91 Å². The number of likely N-dealkylation sites (tertiary alicyclic amines) is 1. The van der Waals surface area contributed by atoms with Crippen LogP contribution in [-0.2, 0) is 0 Å². The Labute approximate surface area is 162 Å². The molecule has 0 N–H and O–H groups in total. The van der Waals surface area contributed by atoms with Crippen LogP contribution in [0, 0.1) is 0 Å². The van der Waals surface area contributed by atoms with Gasteiger partial charge in [-0.3, -0.25) is 4.79 Å². The molecule has 0 radical (unpaired) electrons. The van der Waals surface area contributed by atoms with E-state index in [4.69, 9.17) is 14.5 Å². The van der Waals surface area contributed by atoms with Crippen LogP contribution < -0.4 is 9.47 Å². The van der Waals surface area contributed by atoms with Gasteiger partial charge in [0.2, 0.25) is 0 Å². The minimum absolute atomic E-state index is 0.00356. The van der Waals surface area contributed by atoms with E-state index in [9.17, 15) is 4.79 Å². The maximum atomic E-state index is 13.3. The SMILES string of the molecule is COc1cc(OC)cc(C(=O)N2CCCC[C@H]2c2nc3ccccc3s2)c1. The van der Waals surface area contributed by atoms with Crippen molar-refractivity contribution in [2.75, 3.05) is 20.8 Å². The number of benzene rings is 2. The fraction of sp³-hybridized carbons (Fsp3) is 0.333. The third-order valence-electron chi connectivity index (χ3n) is 4.96. The molecule has 1 amide bonds. The molecular weight excluding hydrogens is 360 g/mol. The van der Waals surface area contributed by atoms with Gasteiger partial charge in [-0.25, -0.2) is 4.98 Å². The molecule has 1 atom stereocenters. The maximum absolute atomic E-state index is 13.3. The summed E-state index contributed by atoms with van der Waals surface area (Å²) in [6.07, 6.45) is 3.05. The number of aromatic nitrogens is 1. The molecule has 0 saturated carbocycles. The van der Waals surface area contributed by atoms with E-state index in [0.717, 1.165) is 41.0 Å². The summed E-state index contributed by atoms with van der Waals surface area (Å²) in [5.74, 6) is 1.23. The largest absolute Gasteiger partial charge is 0.497 e. The first-order chi connectivity index (χ1) is 13.2. The number of rotatable bonds is 4. The standard InChI is InChI=1S/C21H22N2O3S/c1-25-15-11-14(12-16(13-15)26-2)21(24)23-10-6-5-8-18(23)20-22-17-7-3-4-9-19(17)27-20/h3-4,7,9,11-13,18H,5-6,8,10H2,1-2H3/t18-/m0/s1. The van der Waals surface area contributed by atoms with E-state index in [2.05, 4.69) is 6.07 Å². The van der Waals surface area contributed by atoms with E-state index in [1.807, 2.05) is 23.1 Å². The molecular formula is C21H22N2O3S. The average molecular weight is 382 g/mol. The van der Waals surface area contributed by atoms with Gasteiger partial charge < -0.3 is 14.4 Å². The number of amides is 1. The van der Waals surface area contributed by atoms with Crippen molar-refractivity contribution in [3.8, 4) is 11.5 Å². The number of hydrogen-bond acceptors (Lipinski definition) is 5. The van der Waals surface area contributed by atoms with Crippen LogP contribution >= 0.6 is 11.3 Å². The number of para-hydroxylation sites is 1. The summed E-state index contributed by atoms with van der Waals surface area (Å²) in [5, 5.41) is 1.01. The molecule has 0 aliphatic carbocycles. The van der Waals surface area contributed by atoms with Crippen LogP contribution in [0.2, 0.25) is 0 Å². The lowest BCUT2D eigenvalue weighted by Crippen LogP contribution is -2.38. The number of piperidine rings is 1. The molecule has 1 aliphatic heterocycles. The number of carbonyl (C=O) groups is 1. The molecule has 140 valence electrons. The Hall–Kier alpha value is -2.60. The Bertz CT molecular complexity index is 914. The maximum Gasteiger partial charge on any atom is 0.254 e. The second-order valence-corrected chi connectivity index (χ2v) is 7.69. The Morgan fingerprint density at radius 3 is 2.56 bits per heavy atom. The molecule has 0 spiro atoms. The van der Waals surface area contributed by atoms with Crippen molar-refractivity contribution < 1.29 is 14.3 Å². The van der Waals surface area contributed by atoms with Crippen LogP contribution in [0.4, 0.5) is 0 Å². The zero-order chi connectivity index (χ0) is 18.8. The first-order valence-electron chi connectivity index (χ1n) is 9.09. The van der Waals surface area contributed by atoms with E-state index in [-0.39, 0.29) is 11.9 Å². The van der Waals surface area contributed by atoms with Crippen LogP contribution in [0.1, 0.15) is 40.7 Å². The Morgan fingerprint density at radius 2 is 1.85 bits per heavy atom. The predicted octanol–water partition coefficient (Wildman–Crippen LogP) is 4.68. The summed E-state index contributed by atoms with van der Waals surface area (Å²) >= 11 is 1.68. The molecule has 3 aromatic rings. The minimum atomic E-state index is -0.00356. The smallest absolute Gasteiger partial charge is 0.254 e. The highest BCUT2D eigenvalue weighted by molar-refractivity contribution is 7.18. The summed E-state index contributed by atoms with van der Waals surface area (Å²) in [7, 11) is 3.18. The number of thiazole rings is 1. The summed E-state index contributed by atoms with van der Waals surface area (Å²) in [5.41, 5.74) is 1.58. The van der Waals surface area contributed by atoms with Gasteiger partial charge in [0, 0.05) is 18.2 Å². The summed E-state index contributed by atoms with van der Waals surface area (Å²) in [4.78, 5) is 20.1. The van der Waals surface area contributed by atoms with Crippen molar-refractivity contribution in [2.45, 2.75) is 25.3 Å². The lowest BCUT2D eigenvalue weighted by molar-refractivity contribution is 0.0610. The molecule has 1 fully saturated rings. The topological polar surface area (TPSA) is 51.7 Å². The number of methoxy groups -OCH3 is 2. The minimum Gasteiger partial charge on any atom is -0.497 e. The van der Waals surface area contributed by atoms with Crippen molar-refractivity contribution in [3.05, 3.63) is 53.0 Å². The van der Waals surface area contributed by atoms with Gasteiger partial charge in [0.05, 0.1) is 30.5 Å². The Morgan fingerprint density at radius 1 is 1.11 bits per heavy atom. The molecule has 5 nitrogen and oxygen atoms in total. The lowest BCUT2D eigenvalue weighted by Gasteiger charge is -2.34. The molecule has 1 aromatic heterocycles. The monoisotopic (exact) mass is 382 g/mol. The molecule has 1 aliphatic rings. The van der Waals surface area contributed by atoms with E-state index >= 15 is 0 Å². The van der Waals surface area contributed by atoms with Crippen LogP contribution in [0.3, 0.4) is 0 Å². The number of nitrogens with zero attached hydrogens (tertiary/aromatic N) is 2. The quantitative estimate of drug-likeness (QED) is 0.657. The van der Waals surface area contributed by atoms with Crippen molar-refractivity contribution in [1.29, 1.82) is 0 Å². The van der Waals surface area contributed by atoms with Crippen LogP contribution in [0.5, 0.6) is 11.5 Å². The average Bonchev–Trinajstić information content (AvgIpc) is 3.17. The fourth-order valence-corrected chi connectivity index (χ4v) is 4.68. The highest BCUT2D eigenvalue weighted by atomic mass is 32.1. The van der Waals surface area contributed by atoms with Gasteiger partial charge in [-0.15, -0.1) is 11.3 Å². The van der Waals surface area contributed by atoms with E-state index in [1.165, 1.54) is 0 Å². The normalized spacial score (nSPS) is 17.1. The number of hydrogen-bond donors (Lipinski definition) is 0. The molecule has 6 heteroatoms. The van der Waals surface area contributed by atoms with E-state index in [0.29, 0.717) is 17.1 Å². The second-order valence-electron chi connectivity index (χ2n) is 6.63. The molecule has 2 heterocycles. The van der Waals surface area contributed by atoms with Gasteiger partial charge in [-0.1, -0.05) is 12.1 Å². The van der Waals surface area contributed by atoms with Crippen molar-refractivity contribution in [1.82, 2.24) is 9.88 Å². The van der Waals surface area contributed by atoms with Crippen LogP contribution in [0.15, 0.2) is 42.5 Å². The first kappa shape index (κ1) is 17.8. The molecule has 4 rings (SSSR count). The first-order valence-corrected chi connectivity index (χ1v) is 9.91. The van der Waals surface area contributed by atoms with Crippen molar-refractivity contribution in [2.24, 2.45) is 0 Å². The third kappa shape index (κ3) is 3.49. The highest BCUT2D eigenvalue weighted by Gasteiger charge is 2.31. The zero-order valence-electron chi connectivity index (χ0n) is 15.5. The van der Waals surface area contributed by atoms with Gasteiger partial charge in [0.1, 0.15) is 16.5 Å². The van der Waals surface area contributed by atoms with Crippen molar-refractivity contribution >= 4 is 27.5 Å². The van der Waals surface area contributed by atoms with Crippen molar-refractivity contribution in [3.63, 3.8) is 0 Å². The number of fused-ring (bicyclic) bond motifs is 1. The molecule has 0 unspecified atom stereocenters. The fourth-order valence-electron chi connectivity index (χ4n) is 3.56. The molecule has 1 saturated heterocycles. The van der Waals surface area contributed by atoms with E-state index < -0.39 is 0 Å². The number of carbonyl (C=O) groups excluding carboxylic acids is 1. The summed E-state index contributed by atoms with van der Waals surface area (Å²) < 4.78 is 11.8. The van der Waals surface area contributed by atoms with Crippen LogP contribution in [0.25, 0.3) is 10.2 Å². The van der Waals surface area contributed by atoms with Gasteiger partial charge in [-0.05, 0) is 43.5 Å². The third-order valence-corrected chi connectivity index (χ3v) is 6.10. The second kappa shape index (κ2) is 7.56. The highest BCUT2D eigenvalue weighted by Crippen LogP contribution is 2.37. The summed E-state index contributed by atoms with van der Waals surface area (Å²) in [6, 6.07) is 13.5. The van der Waals surface area contributed by atoms with E-state index in [1.54, 1.807) is 43.8 Å². The zero-order valence-corrected chi connectivity index (χ0v) is 16.3. The van der Waals surface area contributed by atoms with Gasteiger partial charge in [0.15, 0.2) is 0 Å². The number of ether oxygens (including phenoxy) is 2. The van der Waals surface area contributed by atoms with Gasteiger partial charge >= 0.3 is 0 Å². The lowest BCUT2D eigenvalue weighted by atomic mass is 10.0. The molecule has 0 bridgehead atoms.